The van der Waals surface area contributed by atoms with Gasteiger partial charge in [0.15, 0.2) is 11.6 Å². The summed E-state index contributed by atoms with van der Waals surface area (Å²) >= 11 is 0. The normalized spacial score (nSPS) is 12.2. The molecule has 1 radical (unpaired) electrons. The van der Waals surface area contributed by atoms with Crippen LogP contribution < -0.4 is 0 Å². The van der Waals surface area contributed by atoms with Crippen LogP contribution in [-0.4, -0.2) is 39.6 Å². The number of aliphatic hydroxyl groups is 2. The first-order valence-corrected chi connectivity index (χ1v) is 4.64. The summed E-state index contributed by atoms with van der Waals surface area (Å²) in [7, 11) is 0. The van der Waals surface area contributed by atoms with Crippen molar-refractivity contribution in [1.82, 2.24) is 0 Å². The predicted octanol–water partition coefficient (Wildman–Crippen LogP) is 2.33. The van der Waals surface area contributed by atoms with Gasteiger partial charge in [-0.25, -0.2) is 0 Å². The van der Waals surface area contributed by atoms with Gasteiger partial charge in [-0.1, -0.05) is 0 Å². The Balaban J connectivity index is -0.000000135. The van der Waals surface area contributed by atoms with Gasteiger partial charge in [0.2, 0.25) is 11.5 Å². The molecule has 4 N–H and O–H groups in total. The first kappa shape index (κ1) is 28.6. The topological polar surface area (TPSA) is 106 Å². The van der Waals surface area contributed by atoms with Crippen LogP contribution in [0.25, 0.3) is 0 Å². The van der Waals surface area contributed by atoms with Crippen molar-refractivity contribution in [2.24, 2.45) is 0 Å². The maximum absolute atomic E-state index is 11.3. The molecular formula is C10H12CoF6O5. The molecular weight excluding hydrogens is 373 g/mol. The van der Waals surface area contributed by atoms with E-state index in [0.717, 1.165) is 13.8 Å². The first-order chi connectivity index (χ1) is 8.67. The summed E-state index contributed by atoms with van der Waals surface area (Å²) in [6.07, 6.45) is -9.38. The van der Waals surface area contributed by atoms with Crippen LogP contribution in [0.2, 0.25) is 0 Å². The van der Waals surface area contributed by atoms with Gasteiger partial charge in [-0.15, -0.1) is 0 Å². The molecule has 0 spiro atoms. The summed E-state index contributed by atoms with van der Waals surface area (Å²) < 4.78 is 68.0. The number of aliphatic hydroxyl groups excluding tert-OH is 2. The summed E-state index contributed by atoms with van der Waals surface area (Å²) in [6.45, 7) is 1.84. The van der Waals surface area contributed by atoms with Crippen molar-refractivity contribution in [1.29, 1.82) is 0 Å². The Morgan fingerprint density at radius 1 is 0.773 bits per heavy atom. The molecule has 0 atom stereocenters. The molecule has 0 aromatic carbocycles. The maximum atomic E-state index is 11.3. The smallest absolute Gasteiger partial charge is 0.448 e. The molecule has 22 heavy (non-hydrogen) atoms. The zero-order valence-corrected chi connectivity index (χ0v) is 12.0. The molecule has 0 heterocycles. The van der Waals surface area contributed by atoms with E-state index in [9.17, 15) is 35.9 Å². The van der Waals surface area contributed by atoms with E-state index in [2.05, 4.69) is 0 Å². The van der Waals surface area contributed by atoms with Gasteiger partial charge in [-0.3, -0.25) is 9.59 Å². The molecule has 0 rings (SSSR count). The summed E-state index contributed by atoms with van der Waals surface area (Å²) in [6, 6.07) is 0. The number of alkyl halides is 6. The molecule has 12 heteroatoms. The number of rotatable bonds is 2. The van der Waals surface area contributed by atoms with Crippen molar-refractivity contribution in [3.05, 3.63) is 23.7 Å². The molecule has 0 bridgehead atoms. The molecule has 133 valence electrons. The summed E-state index contributed by atoms with van der Waals surface area (Å²) in [5, 5.41) is 16.1. The third-order valence-corrected chi connectivity index (χ3v) is 1.26. The average Bonchev–Trinajstić information content (AvgIpc) is 2.13. The fraction of sp³-hybridized carbons (Fsp3) is 0.400. The molecule has 0 aliphatic rings. The Hall–Kier alpha value is -1.53. The van der Waals surface area contributed by atoms with Gasteiger partial charge in [-0.05, 0) is 13.8 Å². The molecule has 0 aliphatic heterocycles. The molecule has 0 saturated carbocycles. The monoisotopic (exact) mass is 385 g/mol. The van der Waals surface area contributed by atoms with E-state index in [-0.39, 0.29) is 34.4 Å². The van der Waals surface area contributed by atoms with Crippen molar-refractivity contribution in [3.63, 3.8) is 0 Å². The predicted molar refractivity (Wildman–Crippen MR) is 58.5 cm³/mol. The van der Waals surface area contributed by atoms with E-state index in [1.54, 1.807) is 0 Å². The third-order valence-electron chi connectivity index (χ3n) is 1.26. The van der Waals surface area contributed by atoms with Crippen molar-refractivity contribution in [3.8, 4) is 0 Å². The SMILES string of the molecule is CC(=O)C=C(O)C(F)(F)F.CC(=O)C=C(O)C(F)(F)F.O.[Co]. The van der Waals surface area contributed by atoms with Gasteiger partial charge in [0, 0.05) is 28.9 Å². The molecule has 0 aromatic rings. The van der Waals surface area contributed by atoms with E-state index in [0.29, 0.717) is 0 Å². The second kappa shape index (κ2) is 11.1. The number of allylic oxidation sites excluding steroid dienone is 4. The number of halogens is 6. The van der Waals surface area contributed by atoms with Gasteiger partial charge >= 0.3 is 12.4 Å². The van der Waals surface area contributed by atoms with Crippen LogP contribution in [-0.2, 0) is 26.4 Å². The maximum Gasteiger partial charge on any atom is 0.448 e. The molecule has 0 aromatic heterocycles. The van der Waals surface area contributed by atoms with Crippen LogP contribution in [0.5, 0.6) is 0 Å². The van der Waals surface area contributed by atoms with Crippen molar-refractivity contribution in [2.75, 3.05) is 0 Å². The van der Waals surface area contributed by atoms with Crippen LogP contribution in [0.1, 0.15) is 13.8 Å². The molecule has 0 aliphatic carbocycles. The Morgan fingerprint density at radius 2 is 0.955 bits per heavy atom. The number of hydrogen-bond donors (Lipinski definition) is 2. The number of ketones is 2. The average molecular weight is 385 g/mol. The van der Waals surface area contributed by atoms with Crippen molar-refractivity contribution < 1.29 is 68.4 Å². The Kier molecular flexibility index (Phi) is 14.4. The van der Waals surface area contributed by atoms with Crippen molar-refractivity contribution in [2.45, 2.75) is 26.2 Å². The second-order valence-electron chi connectivity index (χ2n) is 3.28. The minimum absolute atomic E-state index is 0. The second-order valence-corrected chi connectivity index (χ2v) is 3.28. The first-order valence-electron chi connectivity index (χ1n) is 4.64. The Morgan fingerprint density at radius 3 is 1.00 bits per heavy atom. The Bertz CT molecular complexity index is 385. The minimum atomic E-state index is -4.81. The van der Waals surface area contributed by atoms with Crippen molar-refractivity contribution >= 4 is 11.6 Å². The quantitative estimate of drug-likeness (QED) is 0.432. The van der Waals surface area contributed by atoms with E-state index in [1.165, 1.54) is 0 Å². The molecule has 0 fully saturated rings. The molecule has 5 nitrogen and oxygen atoms in total. The standard InChI is InChI=1S/2C5H5F3O2.Co.H2O/c2*1-3(9)2-4(10)5(6,7)8;;/h2*2,10H,1H3;;1H2. The largest absolute Gasteiger partial charge is 0.504 e. The van der Waals surface area contributed by atoms with E-state index in [1.807, 2.05) is 0 Å². The number of carbonyl (C=O) groups excluding carboxylic acids is 2. The zero-order chi connectivity index (χ0) is 16.7. The van der Waals surface area contributed by atoms with Gasteiger partial charge in [0.25, 0.3) is 0 Å². The van der Waals surface area contributed by atoms with Gasteiger partial charge in [-0.2, -0.15) is 26.3 Å². The summed E-state index contributed by atoms with van der Waals surface area (Å²) in [5.41, 5.74) is 0. The van der Waals surface area contributed by atoms with Crippen LogP contribution in [0.3, 0.4) is 0 Å². The fourth-order valence-corrected chi connectivity index (χ4v) is 0.549. The Labute approximate surface area is 130 Å². The minimum Gasteiger partial charge on any atom is -0.504 e. The van der Waals surface area contributed by atoms with Crippen LogP contribution >= 0.6 is 0 Å². The van der Waals surface area contributed by atoms with Crippen LogP contribution in [0.15, 0.2) is 23.7 Å². The molecule has 0 saturated heterocycles. The van der Waals surface area contributed by atoms with E-state index in [4.69, 9.17) is 10.2 Å². The van der Waals surface area contributed by atoms with Gasteiger partial charge in [0.05, 0.1) is 0 Å². The molecule has 0 amide bonds. The number of carbonyl (C=O) groups is 2. The fourth-order valence-electron chi connectivity index (χ4n) is 0.549. The van der Waals surface area contributed by atoms with E-state index >= 15 is 0 Å². The van der Waals surface area contributed by atoms with Crippen LogP contribution in [0.4, 0.5) is 26.3 Å². The summed E-state index contributed by atoms with van der Waals surface area (Å²) in [4.78, 5) is 19.9. The summed E-state index contributed by atoms with van der Waals surface area (Å²) in [5.74, 6) is -5.40. The molecule has 0 unspecified atom stereocenters. The van der Waals surface area contributed by atoms with Gasteiger partial charge in [0.1, 0.15) is 0 Å². The third kappa shape index (κ3) is 16.5. The van der Waals surface area contributed by atoms with E-state index < -0.39 is 35.4 Å². The van der Waals surface area contributed by atoms with Gasteiger partial charge < -0.3 is 15.7 Å². The van der Waals surface area contributed by atoms with Crippen LogP contribution in [0, 0.1) is 0 Å². The number of hydrogen-bond acceptors (Lipinski definition) is 4. The zero-order valence-electron chi connectivity index (χ0n) is 11.0.